The summed E-state index contributed by atoms with van der Waals surface area (Å²) in [6.45, 7) is 6.20. The van der Waals surface area contributed by atoms with E-state index in [2.05, 4.69) is 17.2 Å². The Balaban J connectivity index is 1.57. The van der Waals surface area contributed by atoms with Crippen molar-refractivity contribution in [2.24, 2.45) is 5.92 Å². The number of piperidine rings is 1. The van der Waals surface area contributed by atoms with Crippen LogP contribution >= 0.6 is 0 Å². The third-order valence-electron chi connectivity index (χ3n) is 6.55. The number of carbonyl (C=O) groups excluding carboxylic acids is 1. The number of nitrogens with one attached hydrogen (secondary N) is 2. The van der Waals surface area contributed by atoms with Crippen LogP contribution in [0.5, 0.6) is 0 Å². The molecule has 2 heterocycles. The Morgan fingerprint density at radius 3 is 2.47 bits per heavy atom. The van der Waals surface area contributed by atoms with Gasteiger partial charge in [0.2, 0.25) is 0 Å². The molecule has 4 rings (SSSR count). The molecule has 0 radical (unpaired) electrons. The zero-order chi connectivity index (χ0) is 21.3. The van der Waals surface area contributed by atoms with Crippen molar-refractivity contribution in [1.29, 1.82) is 0 Å². The highest BCUT2D eigenvalue weighted by Gasteiger charge is 2.26. The Hall–Kier alpha value is -2.92. The van der Waals surface area contributed by atoms with Crippen molar-refractivity contribution in [2.75, 3.05) is 20.1 Å². The van der Waals surface area contributed by atoms with E-state index in [1.54, 1.807) is 0 Å². The Bertz CT molecular complexity index is 1110. The van der Waals surface area contributed by atoms with E-state index in [0.717, 1.165) is 48.1 Å². The lowest BCUT2D eigenvalue weighted by atomic mass is 9.90. The van der Waals surface area contributed by atoms with Crippen LogP contribution in [0.15, 0.2) is 53.3 Å². The number of pyridine rings is 1. The topological polar surface area (TPSA) is 65.2 Å². The van der Waals surface area contributed by atoms with Gasteiger partial charge in [0, 0.05) is 29.7 Å². The van der Waals surface area contributed by atoms with E-state index in [-0.39, 0.29) is 17.5 Å². The number of aromatic amines is 1. The van der Waals surface area contributed by atoms with Gasteiger partial charge in [-0.3, -0.25) is 9.59 Å². The maximum atomic E-state index is 13.0. The highest BCUT2D eigenvalue weighted by molar-refractivity contribution is 5.95. The van der Waals surface area contributed by atoms with Gasteiger partial charge < -0.3 is 15.2 Å². The van der Waals surface area contributed by atoms with Crippen LogP contribution in [-0.4, -0.2) is 42.0 Å². The second-order valence-electron chi connectivity index (χ2n) is 8.37. The average molecular weight is 404 g/mol. The lowest BCUT2D eigenvalue weighted by Gasteiger charge is -2.34. The van der Waals surface area contributed by atoms with Crippen LogP contribution in [0.1, 0.15) is 35.7 Å². The molecule has 156 valence electrons. The quantitative estimate of drug-likeness (QED) is 0.693. The van der Waals surface area contributed by atoms with Crippen LogP contribution in [0.25, 0.3) is 22.0 Å². The highest BCUT2D eigenvalue weighted by Crippen LogP contribution is 2.24. The average Bonchev–Trinajstić information content (AvgIpc) is 2.79. The second kappa shape index (κ2) is 8.44. The number of aromatic nitrogens is 1. The van der Waals surface area contributed by atoms with Crippen LogP contribution in [0, 0.1) is 12.8 Å². The molecule has 30 heavy (non-hydrogen) atoms. The Labute approximate surface area is 177 Å². The maximum Gasteiger partial charge on any atom is 0.256 e. The molecule has 1 fully saturated rings. The van der Waals surface area contributed by atoms with Gasteiger partial charge in [0.15, 0.2) is 0 Å². The first kappa shape index (κ1) is 20.4. The number of amides is 1. The monoisotopic (exact) mass is 403 g/mol. The molecule has 5 nitrogen and oxygen atoms in total. The van der Waals surface area contributed by atoms with E-state index < -0.39 is 0 Å². The van der Waals surface area contributed by atoms with Gasteiger partial charge >= 0.3 is 0 Å². The SMILES string of the molecule is Cc1cccc2c(=O)[nH]c(-c3ccc(C(=O)N(C)C(C)C4CCNCC4)cc3)cc12. The van der Waals surface area contributed by atoms with Gasteiger partial charge in [0.1, 0.15) is 0 Å². The molecule has 2 N–H and O–H groups in total. The summed E-state index contributed by atoms with van der Waals surface area (Å²) in [4.78, 5) is 30.3. The third-order valence-corrected chi connectivity index (χ3v) is 6.55. The van der Waals surface area contributed by atoms with E-state index in [4.69, 9.17) is 0 Å². The number of aryl methyl sites for hydroxylation is 1. The zero-order valence-electron chi connectivity index (χ0n) is 17.9. The van der Waals surface area contributed by atoms with Crippen molar-refractivity contribution in [3.63, 3.8) is 0 Å². The Morgan fingerprint density at radius 1 is 1.07 bits per heavy atom. The summed E-state index contributed by atoms with van der Waals surface area (Å²) < 4.78 is 0. The number of nitrogens with zero attached hydrogens (tertiary/aromatic N) is 1. The van der Waals surface area contributed by atoms with E-state index in [0.29, 0.717) is 16.9 Å². The van der Waals surface area contributed by atoms with Gasteiger partial charge in [-0.25, -0.2) is 0 Å². The fourth-order valence-corrected chi connectivity index (χ4v) is 4.42. The third kappa shape index (κ3) is 3.90. The summed E-state index contributed by atoms with van der Waals surface area (Å²) in [5, 5.41) is 5.03. The maximum absolute atomic E-state index is 13.0. The van der Waals surface area contributed by atoms with E-state index in [1.807, 2.05) is 67.4 Å². The van der Waals surface area contributed by atoms with Crippen LogP contribution in [0.2, 0.25) is 0 Å². The number of rotatable bonds is 4. The number of benzene rings is 2. The lowest BCUT2D eigenvalue weighted by Crippen LogP contribution is -2.43. The fourth-order valence-electron chi connectivity index (χ4n) is 4.42. The second-order valence-corrected chi connectivity index (χ2v) is 8.37. The van der Waals surface area contributed by atoms with Crippen molar-refractivity contribution in [3.8, 4) is 11.3 Å². The van der Waals surface area contributed by atoms with E-state index in [9.17, 15) is 9.59 Å². The number of fused-ring (bicyclic) bond motifs is 1. The normalized spacial score (nSPS) is 15.8. The fraction of sp³-hybridized carbons (Fsp3) is 0.360. The highest BCUT2D eigenvalue weighted by atomic mass is 16.2. The number of H-pyrrole nitrogens is 1. The van der Waals surface area contributed by atoms with Crippen LogP contribution in [0.3, 0.4) is 0 Å². The number of hydrogen-bond donors (Lipinski definition) is 2. The zero-order valence-corrected chi connectivity index (χ0v) is 17.9. The molecule has 5 heteroatoms. The first-order chi connectivity index (χ1) is 14.5. The van der Waals surface area contributed by atoms with Crippen molar-refractivity contribution in [3.05, 3.63) is 70.0 Å². The molecular weight excluding hydrogens is 374 g/mol. The molecule has 1 atom stereocenters. The molecule has 1 saturated heterocycles. The smallest absolute Gasteiger partial charge is 0.256 e. The van der Waals surface area contributed by atoms with Gasteiger partial charge in [-0.05, 0) is 86.5 Å². The van der Waals surface area contributed by atoms with E-state index in [1.165, 1.54) is 0 Å². The van der Waals surface area contributed by atoms with Gasteiger partial charge in [0.05, 0.1) is 0 Å². The molecule has 1 aliphatic heterocycles. The molecule has 0 bridgehead atoms. The molecule has 1 unspecified atom stereocenters. The minimum Gasteiger partial charge on any atom is -0.339 e. The largest absolute Gasteiger partial charge is 0.339 e. The standard InChI is InChI=1S/C25H29N3O2/c1-16-5-4-6-21-22(16)15-23(27-24(21)29)19-7-9-20(10-8-19)25(30)28(3)17(2)18-11-13-26-14-12-18/h4-10,15,17-18,26H,11-14H2,1-3H3,(H,27,29). The summed E-state index contributed by atoms with van der Waals surface area (Å²) in [5.41, 5.74) is 3.29. The van der Waals surface area contributed by atoms with Gasteiger partial charge in [-0.2, -0.15) is 0 Å². The van der Waals surface area contributed by atoms with Gasteiger partial charge in [0.25, 0.3) is 11.5 Å². The molecule has 0 spiro atoms. The van der Waals surface area contributed by atoms with Gasteiger partial charge in [-0.15, -0.1) is 0 Å². The summed E-state index contributed by atoms with van der Waals surface area (Å²) in [7, 11) is 1.90. The molecule has 0 saturated carbocycles. The summed E-state index contributed by atoms with van der Waals surface area (Å²) in [6.07, 6.45) is 2.21. The summed E-state index contributed by atoms with van der Waals surface area (Å²) >= 11 is 0. The first-order valence-electron chi connectivity index (χ1n) is 10.7. The number of hydrogen-bond acceptors (Lipinski definition) is 3. The molecule has 1 amide bonds. The van der Waals surface area contributed by atoms with Crippen LogP contribution in [0.4, 0.5) is 0 Å². The minimum absolute atomic E-state index is 0.0374. The molecular formula is C25H29N3O2. The molecule has 0 aliphatic carbocycles. The predicted octanol–water partition coefficient (Wildman–Crippen LogP) is 3.96. The minimum atomic E-state index is -0.0955. The Kier molecular flexibility index (Phi) is 5.73. The summed E-state index contributed by atoms with van der Waals surface area (Å²) in [6, 6.07) is 15.5. The molecule has 1 aromatic heterocycles. The van der Waals surface area contributed by atoms with Crippen LogP contribution < -0.4 is 10.9 Å². The molecule has 2 aromatic carbocycles. The van der Waals surface area contributed by atoms with Crippen LogP contribution in [-0.2, 0) is 0 Å². The molecule has 3 aromatic rings. The summed E-state index contributed by atoms with van der Waals surface area (Å²) in [5.74, 6) is 0.570. The van der Waals surface area contributed by atoms with Crippen molar-refractivity contribution >= 4 is 16.7 Å². The van der Waals surface area contributed by atoms with Gasteiger partial charge in [-0.1, -0.05) is 24.3 Å². The Morgan fingerprint density at radius 2 is 1.77 bits per heavy atom. The predicted molar refractivity (Wildman–Crippen MR) is 122 cm³/mol. The van der Waals surface area contributed by atoms with E-state index >= 15 is 0 Å². The van der Waals surface area contributed by atoms with Crippen molar-refractivity contribution in [2.45, 2.75) is 32.7 Å². The first-order valence-corrected chi connectivity index (χ1v) is 10.7. The molecule has 1 aliphatic rings. The van der Waals surface area contributed by atoms with Crippen molar-refractivity contribution < 1.29 is 4.79 Å². The van der Waals surface area contributed by atoms with Crippen molar-refractivity contribution in [1.82, 2.24) is 15.2 Å². The lowest BCUT2D eigenvalue weighted by molar-refractivity contribution is 0.0670. The number of carbonyl (C=O) groups is 1.